The van der Waals surface area contributed by atoms with Crippen molar-refractivity contribution < 1.29 is 18.3 Å². The molecule has 0 aromatic heterocycles. The molecule has 0 spiro atoms. The average Bonchev–Trinajstić information content (AvgIpc) is 2.77. The van der Waals surface area contributed by atoms with Crippen LogP contribution in [0.1, 0.15) is 6.42 Å². The van der Waals surface area contributed by atoms with E-state index in [1.165, 1.54) is 6.07 Å². The van der Waals surface area contributed by atoms with Crippen molar-refractivity contribution in [3.05, 3.63) is 27.1 Å². The highest BCUT2D eigenvalue weighted by Crippen LogP contribution is 2.31. The van der Waals surface area contributed by atoms with E-state index in [0.717, 1.165) is 4.31 Å². The zero-order chi connectivity index (χ0) is 15.1. The van der Waals surface area contributed by atoms with Crippen LogP contribution in [0.5, 0.6) is 0 Å². The van der Waals surface area contributed by atoms with Crippen LogP contribution < -0.4 is 5.73 Å². The Hall–Kier alpha value is -0.480. The van der Waals surface area contributed by atoms with Crippen molar-refractivity contribution in [2.45, 2.75) is 16.9 Å². The fourth-order valence-electron chi connectivity index (χ4n) is 1.99. The Kier molecular flexibility index (Phi) is 4.27. The molecule has 1 saturated heterocycles. The molecular formula is C11H12Br2N2O4S. The van der Waals surface area contributed by atoms with Crippen LogP contribution in [0.4, 0.5) is 0 Å². The first-order valence-corrected chi connectivity index (χ1v) is 8.67. The monoisotopic (exact) mass is 426 g/mol. The SMILES string of the molecule is NC1(C(=O)O)CCN(S(=O)(=O)c2cc(Br)ccc2Br)C1. The summed E-state index contributed by atoms with van der Waals surface area (Å²) in [7, 11) is -3.78. The third-order valence-corrected chi connectivity index (χ3v) is 6.54. The number of sulfonamides is 1. The van der Waals surface area contributed by atoms with Crippen molar-refractivity contribution >= 4 is 47.9 Å². The van der Waals surface area contributed by atoms with E-state index in [0.29, 0.717) is 8.95 Å². The Labute approximate surface area is 133 Å². The molecule has 1 fully saturated rings. The summed E-state index contributed by atoms with van der Waals surface area (Å²) < 4.78 is 27.2. The first-order chi connectivity index (χ1) is 9.17. The van der Waals surface area contributed by atoms with Gasteiger partial charge in [-0.3, -0.25) is 4.79 Å². The third kappa shape index (κ3) is 2.77. The Morgan fingerprint density at radius 1 is 1.40 bits per heavy atom. The van der Waals surface area contributed by atoms with Gasteiger partial charge < -0.3 is 10.8 Å². The number of nitrogens with two attached hydrogens (primary N) is 1. The van der Waals surface area contributed by atoms with Crippen molar-refractivity contribution in [2.75, 3.05) is 13.1 Å². The summed E-state index contributed by atoms with van der Waals surface area (Å²) >= 11 is 6.42. The fraction of sp³-hybridized carbons (Fsp3) is 0.364. The van der Waals surface area contributed by atoms with Crippen molar-refractivity contribution in [1.29, 1.82) is 0 Å². The molecule has 1 aromatic rings. The van der Waals surface area contributed by atoms with Gasteiger partial charge in [0.2, 0.25) is 10.0 Å². The molecule has 0 aliphatic carbocycles. The quantitative estimate of drug-likeness (QED) is 0.758. The smallest absolute Gasteiger partial charge is 0.325 e. The maximum absolute atomic E-state index is 12.5. The van der Waals surface area contributed by atoms with Crippen molar-refractivity contribution in [1.82, 2.24) is 4.31 Å². The lowest BCUT2D eigenvalue weighted by Crippen LogP contribution is -2.50. The van der Waals surface area contributed by atoms with Crippen molar-refractivity contribution in [3.63, 3.8) is 0 Å². The topological polar surface area (TPSA) is 101 Å². The molecule has 1 unspecified atom stereocenters. The number of carboxylic acids is 1. The largest absolute Gasteiger partial charge is 0.480 e. The molecule has 0 bridgehead atoms. The lowest BCUT2D eigenvalue weighted by atomic mass is 10.0. The van der Waals surface area contributed by atoms with E-state index >= 15 is 0 Å². The van der Waals surface area contributed by atoms with Gasteiger partial charge in [-0.25, -0.2) is 8.42 Å². The molecule has 0 amide bonds. The summed E-state index contributed by atoms with van der Waals surface area (Å²) in [5.41, 5.74) is 4.19. The Morgan fingerprint density at radius 2 is 2.05 bits per heavy atom. The minimum absolute atomic E-state index is 0.0847. The van der Waals surface area contributed by atoms with Gasteiger partial charge in [-0.05, 0) is 40.5 Å². The highest BCUT2D eigenvalue weighted by Gasteiger charge is 2.45. The molecule has 0 saturated carbocycles. The van der Waals surface area contributed by atoms with Gasteiger partial charge in [0.25, 0.3) is 0 Å². The number of aliphatic carboxylic acids is 1. The number of rotatable bonds is 3. The van der Waals surface area contributed by atoms with Crippen molar-refractivity contribution in [2.24, 2.45) is 5.73 Å². The second-order valence-electron chi connectivity index (χ2n) is 4.62. The number of hydrogen-bond donors (Lipinski definition) is 2. The summed E-state index contributed by atoms with van der Waals surface area (Å²) in [4.78, 5) is 11.2. The van der Waals surface area contributed by atoms with E-state index in [1.807, 2.05) is 0 Å². The second kappa shape index (κ2) is 5.38. The Morgan fingerprint density at radius 3 is 2.60 bits per heavy atom. The summed E-state index contributed by atoms with van der Waals surface area (Å²) in [6, 6.07) is 4.79. The summed E-state index contributed by atoms with van der Waals surface area (Å²) in [5, 5.41) is 9.06. The lowest BCUT2D eigenvalue weighted by molar-refractivity contribution is -0.142. The molecule has 1 heterocycles. The van der Waals surface area contributed by atoms with Gasteiger partial charge in [-0.15, -0.1) is 0 Å². The molecule has 9 heteroatoms. The first kappa shape index (κ1) is 15.9. The highest BCUT2D eigenvalue weighted by atomic mass is 79.9. The van der Waals surface area contributed by atoms with Crippen LogP contribution in [0.2, 0.25) is 0 Å². The molecule has 1 aromatic carbocycles. The van der Waals surface area contributed by atoms with Crippen LogP contribution in [0.3, 0.4) is 0 Å². The van der Waals surface area contributed by atoms with E-state index < -0.39 is 21.5 Å². The second-order valence-corrected chi connectivity index (χ2v) is 8.30. The van der Waals surface area contributed by atoms with Gasteiger partial charge in [0.05, 0.1) is 4.90 Å². The zero-order valence-electron chi connectivity index (χ0n) is 10.2. The maximum atomic E-state index is 12.5. The molecule has 6 nitrogen and oxygen atoms in total. The summed E-state index contributed by atoms with van der Waals surface area (Å²) in [6.45, 7) is -0.145. The van der Waals surface area contributed by atoms with Crippen LogP contribution in [-0.2, 0) is 14.8 Å². The molecule has 0 radical (unpaired) electrons. The predicted octanol–water partition coefficient (Wildman–Crippen LogP) is 1.39. The van der Waals surface area contributed by atoms with E-state index in [4.69, 9.17) is 10.8 Å². The third-order valence-electron chi connectivity index (χ3n) is 3.20. The van der Waals surface area contributed by atoms with Crippen LogP contribution in [-0.4, -0.2) is 42.4 Å². The predicted molar refractivity (Wildman–Crippen MR) is 79.8 cm³/mol. The van der Waals surface area contributed by atoms with E-state index in [9.17, 15) is 13.2 Å². The van der Waals surface area contributed by atoms with Gasteiger partial charge in [-0.1, -0.05) is 15.9 Å². The molecule has 2 rings (SSSR count). The number of carboxylic acid groups (broad SMARTS) is 1. The zero-order valence-corrected chi connectivity index (χ0v) is 14.2. The van der Waals surface area contributed by atoms with Gasteiger partial charge in [0.1, 0.15) is 5.54 Å². The van der Waals surface area contributed by atoms with Crippen LogP contribution in [0.25, 0.3) is 0 Å². The highest BCUT2D eigenvalue weighted by molar-refractivity contribution is 9.11. The first-order valence-electron chi connectivity index (χ1n) is 5.64. The van der Waals surface area contributed by atoms with Gasteiger partial charge in [0, 0.05) is 22.0 Å². The average molecular weight is 428 g/mol. The standard InChI is InChI=1S/C11H12Br2N2O4S/c12-7-1-2-8(13)9(5-7)20(18,19)15-4-3-11(14,6-15)10(16)17/h1-2,5H,3-4,6,14H2,(H,16,17). The molecule has 1 aliphatic heterocycles. The molecule has 3 N–H and O–H groups in total. The number of carbonyl (C=O) groups is 1. The van der Waals surface area contributed by atoms with Crippen LogP contribution in [0.15, 0.2) is 32.0 Å². The lowest BCUT2D eigenvalue weighted by Gasteiger charge is -2.20. The maximum Gasteiger partial charge on any atom is 0.325 e. The summed E-state index contributed by atoms with van der Waals surface area (Å²) in [6.07, 6.45) is 0.0905. The Balaban J connectivity index is 2.38. The van der Waals surface area contributed by atoms with Gasteiger partial charge in [0.15, 0.2) is 0 Å². The van der Waals surface area contributed by atoms with Crippen LogP contribution in [0, 0.1) is 0 Å². The number of nitrogens with zero attached hydrogens (tertiary/aromatic N) is 1. The molecule has 1 atom stereocenters. The minimum Gasteiger partial charge on any atom is -0.480 e. The molecule has 20 heavy (non-hydrogen) atoms. The number of benzene rings is 1. The van der Waals surface area contributed by atoms with Gasteiger partial charge in [-0.2, -0.15) is 4.31 Å². The number of halogens is 2. The van der Waals surface area contributed by atoms with E-state index in [2.05, 4.69) is 31.9 Å². The fourth-order valence-corrected chi connectivity index (χ4v) is 4.96. The minimum atomic E-state index is -3.78. The number of hydrogen-bond acceptors (Lipinski definition) is 4. The van der Waals surface area contributed by atoms with E-state index in [1.54, 1.807) is 12.1 Å². The molecular weight excluding hydrogens is 416 g/mol. The summed E-state index contributed by atoms with van der Waals surface area (Å²) in [5.74, 6) is -1.19. The van der Waals surface area contributed by atoms with Crippen LogP contribution >= 0.6 is 31.9 Å². The molecule has 110 valence electrons. The molecule has 1 aliphatic rings. The normalized spacial score (nSPS) is 23.9. The van der Waals surface area contributed by atoms with Gasteiger partial charge >= 0.3 is 5.97 Å². The van der Waals surface area contributed by atoms with Crippen molar-refractivity contribution in [3.8, 4) is 0 Å². The van der Waals surface area contributed by atoms with E-state index in [-0.39, 0.29) is 24.4 Å². The Bertz CT molecular complexity index is 664.